The number of rotatable bonds is 10. The first-order valence-electron chi connectivity index (χ1n) is 11.1. The van der Waals surface area contributed by atoms with Crippen molar-refractivity contribution in [3.63, 3.8) is 0 Å². The summed E-state index contributed by atoms with van der Waals surface area (Å²) < 4.78 is 19.2. The van der Waals surface area contributed by atoms with Gasteiger partial charge < -0.3 is 15.0 Å². The largest absolute Gasteiger partial charge is 0.482 e. The van der Waals surface area contributed by atoms with Crippen LogP contribution in [-0.2, 0) is 22.6 Å². The number of carbonyl (C=O) groups excluding carboxylic acids is 2. The van der Waals surface area contributed by atoms with Crippen LogP contribution in [0.3, 0.4) is 0 Å². The zero-order chi connectivity index (χ0) is 24.5. The van der Waals surface area contributed by atoms with Crippen molar-refractivity contribution in [2.75, 3.05) is 6.61 Å². The van der Waals surface area contributed by atoms with Crippen LogP contribution >= 0.6 is 11.6 Å². The molecule has 3 aromatic carbocycles. The van der Waals surface area contributed by atoms with Crippen molar-refractivity contribution in [2.45, 2.75) is 38.9 Å². The van der Waals surface area contributed by atoms with E-state index in [2.05, 4.69) is 5.32 Å². The molecule has 0 saturated carbocycles. The van der Waals surface area contributed by atoms with Crippen LogP contribution in [0.4, 0.5) is 4.39 Å². The van der Waals surface area contributed by atoms with Gasteiger partial charge in [0.1, 0.15) is 17.6 Å². The summed E-state index contributed by atoms with van der Waals surface area (Å²) in [5.74, 6) is -0.649. The first-order chi connectivity index (χ1) is 16.3. The van der Waals surface area contributed by atoms with E-state index in [1.807, 2.05) is 44.2 Å². The van der Waals surface area contributed by atoms with Crippen molar-refractivity contribution < 1.29 is 18.7 Å². The van der Waals surface area contributed by atoms with Crippen LogP contribution in [0.1, 0.15) is 25.0 Å². The van der Waals surface area contributed by atoms with E-state index in [-0.39, 0.29) is 36.8 Å². The highest BCUT2D eigenvalue weighted by molar-refractivity contribution is 6.32. The lowest BCUT2D eigenvalue weighted by molar-refractivity contribution is -0.143. The topological polar surface area (TPSA) is 58.6 Å². The maximum absolute atomic E-state index is 13.5. The molecule has 0 bridgehead atoms. The molecule has 5 nitrogen and oxygen atoms in total. The number of benzene rings is 3. The van der Waals surface area contributed by atoms with Crippen LogP contribution in [-0.4, -0.2) is 35.4 Å². The minimum atomic E-state index is -0.794. The molecule has 0 aliphatic heterocycles. The number of hydrogen-bond acceptors (Lipinski definition) is 3. The summed E-state index contributed by atoms with van der Waals surface area (Å²) in [5, 5.41) is 3.31. The van der Waals surface area contributed by atoms with Gasteiger partial charge in [-0.05, 0) is 49.2 Å². The minimum absolute atomic E-state index is 0.104. The summed E-state index contributed by atoms with van der Waals surface area (Å²) in [6, 6.07) is 21.3. The number of ether oxygens (including phenoxy) is 1. The molecule has 0 heterocycles. The lowest BCUT2D eigenvalue weighted by Crippen LogP contribution is -2.52. The second-order valence-electron chi connectivity index (χ2n) is 8.24. The Balaban J connectivity index is 1.91. The third-order valence-electron chi connectivity index (χ3n) is 5.16. The van der Waals surface area contributed by atoms with Crippen molar-refractivity contribution in [3.05, 3.63) is 101 Å². The summed E-state index contributed by atoms with van der Waals surface area (Å²) in [5.41, 5.74) is 1.61. The summed E-state index contributed by atoms with van der Waals surface area (Å²) in [6.45, 7) is 3.55. The van der Waals surface area contributed by atoms with Crippen LogP contribution in [0.25, 0.3) is 0 Å². The van der Waals surface area contributed by atoms with Crippen LogP contribution in [0, 0.1) is 5.82 Å². The monoisotopic (exact) mass is 482 g/mol. The van der Waals surface area contributed by atoms with Gasteiger partial charge in [0.15, 0.2) is 6.61 Å². The number of hydrogen-bond donors (Lipinski definition) is 1. The smallest absolute Gasteiger partial charge is 0.261 e. The number of amides is 2. The van der Waals surface area contributed by atoms with Crippen molar-refractivity contribution in [1.29, 1.82) is 0 Å². The Morgan fingerprint density at radius 2 is 1.59 bits per heavy atom. The molecule has 0 aliphatic carbocycles. The quantitative estimate of drug-likeness (QED) is 0.441. The molecule has 178 valence electrons. The number of halogens is 2. The Bertz CT molecular complexity index is 1090. The molecule has 0 aromatic heterocycles. The molecule has 0 radical (unpaired) electrons. The molecular weight excluding hydrogens is 455 g/mol. The third-order valence-corrected chi connectivity index (χ3v) is 5.47. The standard InChI is InChI=1S/C27H28ClFN2O3/c1-19(2)30-27(33)24(16-20-8-4-3-5-9-20)31(17-21-12-14-22(29)15-13-21)26(32)18-34-25-11-7-6-10-23(25)28/h3-15,19,24H,16-18H2,1-2H3,(H,30,33)/t24-/m0/s1. The van der Waals surface area contributed by atoms with Crippen molar-refractivity contribution in [2.24, 2.45) is 0 Å². The molecule has 1 N–H and O–H groups in total. The molecule has 0 aliphatic rings. The number of carbonyl (C=O) groups is 2. The summed E-state index contributed by atoms with van der Waals surface area (Å²) in [4.78, 5) is 28.2. The first-order valence-corrected chi connectivity index (χ1v) is 11.5. The predicted molar refractivity (Wildman–Crippen MR) is 131 cm³/mol. The van der Waals surface area contributed by atoms with Gasteiger partial charge in [-0.15, -0.1) is 0 Å². The van der Waals surface area contributed by atoms with Gasteiger partial charge in [0.05, 0.1) is 5.02 Å². The fourth-order valence-corrected chi connectivity index (χ4v) is 3.70. The van der Waals surface area contributed by atoms with E-state index in [1.165, 1.54) is 17.0 Å². The molecule has 0 fully saturated rings. The van der Waals surface area contributed by atoms with Crippen molar-refractivity contribution >= 4 is 23.4 Å². The van der Waals surface area contributed by atoms with E-state index in [0.29, 0.717) is 22.8 Å². The zero-order valence-electron chi connectivity index (χ0n) is 19.2. The molecule has 2 amide bonds. The van der Waals surface area contributed by atoms with E-state index in [9.17, 15) is 14.0 Å². The van der Waals surface area contributed by atoms with E-state index in [4.69, 9.17) is 16.3 Å². The van der Waals surface area contributed by atoms with E-state index in [0.717, 1.165) is 5.56 Å². The van der Waals surface area contributed by atoms with Crippen LogP contribution in [0.5, 0.6) is 5.75 Å². The summed E-state index contributed by atoms with van der Waals surface area (Å²) >= 11 is 6.16. The predicted octanol–water partition coefficient (Wildman–Crippen LogP) is 5.02. The average Bonchev–Trinajstić information content (AvgIpc) is 2.82. The first kappa shape index (κ1) is 25.2. The molecule has 0 spiro atoms. The molecule has 3 rings (SSSR count). The summed E-state index contributed by atoms with van der Waals surface area (Å²) in [6.07, 6.45) is 0.318. The van der Waals surface area contributed by atoms with Crippen molar-refractivity contribution in [3.8, 4) is 5.75 Å². The van der Waals surface area contributed by atoms with Gasteiger partial charge in [-0.2, -0.15) is 0 Å². The highest BCUT2D eigenvalue weighted by atomic mass is 35.5. The minimum Gasteiger partial charge on any atom is -0.482 e. The normalized spacial score (nSPS) is 11.7. The Hall–Kier alpha value is -3.38. The Kier molecular flexibility index (Phi) is 9.05. The van der Waals surface area contributed by atoms with Crippen LogP contribution in [0.2, 0.25) is 5.02 Å². The highest BCUT2D eigenvalue weighted by Gasteiger charge is 2.31. The molecule has 7 heteroatoms. The lowest BCUT2D eigenvalue weighted by Gasteiger charge is -2.32. The second kappa shape index (κ2) is 12.2. The van der Waals surface area contributed by atoms with E-state index in [1.54, 1.807) is 36.4 Å². The van der Waals surface area contributed by atoms with Gasteiger partial charge in [-0.25, -0.2) is 4.39 Å². The maximum atomic E-state index is 13.5. The van der Waals surface area contributed by atoms with Crippen LogP contribution in [0.15, 0.2) is 78.9 Å². The molecule has 0 saturated heterocycles. The molecule has 1 atom stereocenters. The average molecular weight is 483 g/mol. The molecule has 0 unspecified atom stereocenters. The summed E-state index contributed by atoms with van der Waals surface area (Å²) in [7, 11) is 0. The van der Waals surface area contributed by atoms with Gasteiger partial charge >= 0.3 is 0 Å². The van der Waals surface area contributed by atoms with Gasteiger partial charge in [0, 0.05) is 19.0 Å². The molecular formula is C27H28ClFN2O3. The van der Waals surface area contributed by atoms with E-state index >= 15 is 0 Å². The van der Waals surface area contributed by atoms with Gasteiger partial charge in [0.25, 0.3) is 5.91 Å². The second-order valence-corrected chi connectivity index (χ2v) is 8.64. The van der Waals surface area contributed by atoms with E-state index < -0.39 is 6.04 Å². The SMILES string of the molecule is CC(C)NC(=O)[C@H](Cc1ccccc1)N(Cc1ccc(F)cc1)C(=O)COc1ccccc1Cl. The fraction of sp³-hybridized carbons (Fsp3) is 0.259. The highest BCUT2D eigenvalue weighted by Crippen LogP contribution is 2.23. The zero-order valence-corrected chi connectivity index (χ0v) is 20.0. The van der Waals surface area contributed by atoms with Crippen molar-refractivity contribution in [1.82, 2.24) is 10.2 Å². The molecule has 34 heavy (non-hydrogen) atoms. The fourth-order valence-electron chi connectivity index (χ4n) is 3.51. The third kappa shape index (κ3) is 7.32. The number of nitrogens with one attached hydrogen (secondary N) is 1. The Labute approximate surface area is 204 Å². The number of nitrogens with zero attached hydrogens (tertiary/aromatic N) is 1. The maximum Gasteiger partial charge on any atom is 0.261 e. The Morgan fingerprint density at radius 3 is 2.24 bits per heavy atom. The lowest BCUT2D eigenvalue weighted by atomic mass is 10.0. The van der Waals surface area contributed by atoms with Gasteiger partial charge in [0.2, 0.25) is 5.91 Å². The number of para-hydroxylation sites is 1. The Morgan fingerprint density at radius 1 is 0.941 bits per heavy atom. The van der Waals surface area contributed by atoms with Gasteiger partial charge in [-0.1, -0.05) is 66.2 Å². The van der Waals surface area contributed by atoms with Crippen LogP contribution < -0.4 is 10.1 Å². The van der Waals surface area contributed by atoms with Gasteiger partial charge in [-0.3, -0.25) is 9.59 Å². The molecule has 3 aromatic rings.